The van der Waals surface area contributed by atoms with Gasteiger partial charge in [-0.1, -0.05) is 146 Å². The first-order valence-corrected chi connectivity index (χ1v) is 18.6. The summed E-state index contributed by atoms with van der Waals surface area (Å²) in [7, 11) is 0. The van der Waals surface area contributed by atoms with Crippen LogP contribution in [-0.4, -0.2) is 0 Å². The number of benzene rings is 9. The van der Waals surface area contributed by atoms with Crippen molar-refractivity contribution in [1.29, 1.82) is 0 Å². The van der Waals surface area contributed by atoms with E-state index in [0.717, 1.165) is 11.4 Å². The number of rotatable bonds is 6. The number of hydrogen-bond donors (Lipinski definition) is 0. The molecule has 0 saturated carbocycles. The van der Waals surface area contributed by atoms with E-state index < -0.39 is 0 Å². The molecular formula is C50H33NS. The molecule has 0 aliphatic carbocycles. The number of hydrogen-bond acceptors (Lipinski definition) is 2. The van der Waals surface area contributed by atoms with Crippen LogP contribution in [0, 0.1) is 0 Å². The topological polar surface area (TPSA) is 3.24 Å². The van der Waals surface area contributed by atoms with E-state index in [1.807, 2.05) is 11.3 Å². The van der Waals surface area contributed by atoms with Crippen molar-refractivity contribution in [2.45, 2.75) is 0 Å². The van der Waals surface area contributed by atoms with Gasteiger partial charge in [0.15, 0.2) is 0 Å². The molecule has 0 unspecified atom stereocenters. The SMILES string of the molecule is c1ccc(-c2cccc(N(c3ccc(-c4cc(-c5ccccc5)cc5ccccc45)cc3)c3cccc4c3sc3cc5ccccc5cc34)c2)cc1. The molecule has 1 aromatic heterocycles. The Balaban J connectivity index is 1.16. The zero-order valence-corrected chi connectivity index (χ0v) is 29.2. The molecule has 244 valence electrons. The molecule has 1 heterocycles. The molecule has 0 N–H and O–H groups in total. The molecule has 9 aromatic carbocycles. The number of thiophene rings is 1. The lowest BCUT2D eigenvalue weighted by Crippen LogP contribution is -2.10. The van der Waals surface area contributed by atoms with E-state index in [4.69, 9.17) is 0 Å². The summed E-state index contributed by atoms with van der Waals surface area (Å²) in [5, 5.41) is 7.63. The van der Waals surface area contributed by atoms with Crippen molar-refractivity contribution < 1.29 is 0 Å². The summed E-state index contributed by atoms with van der Waals surface area (Å²) < 4.78 is 2.59. The van der Waals surface area contributed by atoms with Crippen LogP contribution >= 0.6 is 11.3 Å². The van der Waals surface area contributed by atoms with Gasteiger partial charge in [0.05, 0.1) is 10.4 Å². The fourth-order valence-corrected chi connectivity index (χ4v) is 8.90. The lowest BCUT2D eigenvalue weighted by molar-refractivity contribution is 1.30. The second kappa shape index (κ2) is 12.7. The third-order valence-corrected chi connectivity index (χ3v) is 11.4. The van der Waals surface area contributed by atoms with Gasteiger partial charge in [0.2, 0.25) is 0 Å². The summed E-state index contributed by atoms with van der Waals surface area (Å²) >= 11 is 1.88. The minimum Gasteiger partial charge on any atom is -0.309 e. The summed E-state index contributed by atoms with van der Waals surface area (Å²) in [5.74, 6) is 0. The van der Waals surface area contributed by atoms with E-state index in [9.17, 15) is 0 Å². The minimum absolute atomic E-state index is 1.12. The molecule has 52 heavy (non-hydrogen) atoms. The van der Waals surface area contributed by atoms with Gasteiger partial charge >= 0.3 is 0 Å². The van der Waals surface area contributed by atoms with E-state index in [2.05, 4.69) is 205 Å². The first-order valence-electron chi connectivity index (χ1n) is 17.8. The van der Waals surface area contributed by atoms with Crippen molar-refractivity contribution in [3.8, 4) is 33.4 Å². The molecule has 2 heteroatoms. The van der Waals surface area contributed by atoms with Crippen LogP contribution in [0.3, 0.4) is 0 Å². The second-order valence-electron chi connectivity index (χ2n) is 13.4. The van der Waals surface area contributed by atoms with Gasteiger partial charge in [0.1, 0.15) is 0 Å². The molecule has 1 nitrogen and oxygen atoms in total. The molecule has 0 radical (unpaired) electrons. The number of anilines is 3. The van der Waals surface area contributed by atoms with E-state index in [-0.39, 0.29) is 0 Å². The molecule has 10 rings (SSSR count). The van der Waals surface area contributed by atoms with Gasteiger partial charge in [-0.05, 0) is 110 Å². The Hall–Kier alpha value is -6.48. The molecule has 0 aliphatic rings. The van der Waals surface area contributed by atoms with Crippen molar-refractivity contribution in [3.05, 3.63) is 200 Å². The van der Waals surface area contributed by atoms with Crippen molar-refractivity contribution in [2.24, 2.45) is 0 Å². The standard InChI is InChI=1S/C50H33NS/c1-3-13-34(14-4-1)37-20-11-21-43(30-37)51(48-24-12-23-45-47-31-38-17-7-8-18-39(38)33-49(47)52-50(45)48)42-27-25-36(26-28-42)46-32-41(35-15-5-2-6-16-35)29-40-19-9-10-22-44(40)46/h1-33H. The van der Waals surface area contributed by atoms with Crippen LogP contribution in [0.5, 0.6) is 0 Å². The third-order valence-electron chi connectivity index (χ3n) is 10.2. The van der Waals surface area contributed by atoms with E-state index >= 15 is 0 Å². The summed E-state index contributed by atoms with van der Waals surface area (Å²) in [6.45, 7) is 0. The van der Waals surface area contributed by atoms with E-state index in [1.54, 1.807) is 0 Å². The minimum atomic E-state index is 1.12. The average Bonchev–Trinajstić information content (AvgIpc) is 3.59. The average molecular weight is 680 g/mol. The van der Waals surface area contributed by atoms with Crippen molar-refractivity contribution in [1.82, 2.24) is 0 Å². The smallest absolute Gasteiger partial charge is 0.0640 e. The van der Waals surface area contributed by atoms with Gasteiger partial charge in [-0.15, -0.1) is 11.3 Å². The maximum absolute atomic E-state index is 2.44. The molecule has 0 bridgehead atoms. The maximum Gasteiger partial charge on any atom is 0.0640 e. The van der Waals surface area contributed by atoms with E-state index in [1.165, 1.54) is 80.8 Å². The Bertz CT molecular complexity index is 2890. The fraction of sp³-hybridized carbons (Fsp3) is 0. The van der Waals surface area contributed by atoms with Crippen LogP contribution in [0.25, 0.3) is 75.1 Å². The largest absolute Gasteiger partial charge is 0.309 e. The summed E-state index contributed by atoms with van der Waals surface area (Å²) in [6.07, 6.45) is 0. The molecule has 0 atom stereocenters. The summed E-state index contributed by atoms with van der Waals surface area (Å²) in [5.41, 5.74) is 10.7. The van der Waals surface area contributed by atoms with Gasteiger partial charge in [-0.2, -0.15) is 0 Å². The Morgan fingerprint density at radius 2 is 0.942 bits per heavy atom. The zero-order valence-electron chi connectivity index (χ0n) is 28.4. The zero-order chi connectivity index (χ0) is 34.4. The Morgan fingerprint density at radius 3 is 1.71 bits per heavy atom. The summed E-state index contributed by atoms with van der Waals surface area (Å²) in [6, 6.07) is 72.9. The summed E-state index contributed by atoms with van der Waals surface area (Å²) in [4.78, 5) is 2.44. The quantitative estimate of drug-likeness (QED) is 0.169. The lowest BCUT2D eigenvalue weighted by atomic mass is 9.93. The van der Waals surface area contributed by atoms with Crippen LogP contribution in [0.2, 0.25) is 0 Å². The number of fused-ring (bicyclic) bond motifs is 5. The molecule has 10 aromatic rings. The highest BCUT2D eigenvalue weighted by atomic mass is 32.1. The second-order valence-corrected chi connectivity index (χ2v) is 14.4. The monoisotopic (exact) mass is 679 g/mol. The van der Waals surface area contributed by atoms with Crippen LogP contribution in [-0.2, 0) is 0 Å². The van der Waals surface area contributed by atoms with Crippen LogP contribution in [0.15, 0.2) is 200 Å². The van der Waals surface area contributed by atoms with Crippen molar-refractivity contribution >= 4 is 70.1 Å². The maximum atomic E-state index is 2.44. The molecule has 0 aliphatic heterocycles. The van der Waals surface area contributed by atoms with Crippen LogP contribution in [0.4, 0.5) is 17.1 Å². The first kappa shape index (κ1) is 30.4. The molecule has 0 spiro atoms. The number of nitrogens with zero attached hydrogens (tertiary/aromatic N) is 1. The fourth-order valence-electron chi connectivity index (χ4n) is 7.66. The predicted molar refractivity (Wildman–Crippen MR) is 225 cm³/mol. The van der Waals surface area contributed by atoms with Crippen molar-refractivity contribution in [3.63, 3.8) is 0 Å². The molecular weight excluding hydrogens is 647 g/mol. The Kier molecular flexibility index (Phi) is 7.41. The van der Waals surface area contributed by atoms with Crippen molar-refractivity contribution in [2.75, 3.05) is 4.90 Å². The normalized spacial score (nSPS) is 11.5. The van der Waals surface area contributed by atoms with Gasteiger partial charge in [0, 0.05) is 26.8 Å². The third kappa shape index (κ3) is 5.33. The van der Waals surface area contributed by atoms with Gasteiger partial charge in [0.25, 0.3) is 0 Å². The Morgan fingerprint density at radius 1 is 0.327 bits per heavy atom. The highest BCUT2D eigenvalue weighted by molar-refractivity contribution is 7.26. The van der Waals surface area contributed by atoms with Gasteiger partial charge < -0.3 is 4.90 Å². The molecule has 0 fully saturated rings. The van der Waals surface area contributed by atoms with Crippen LogP contribution < -0.4 is 4.90 Å². The first-order chi connectivity index (χ1) is 25.8. The highest BCUT2D eigenvalue weighted by Gasteiger charge is 2.19. The van der Waals surface area contributed by atoms with E-state index in [0.29, 0.717) is 0 Å². The molecule has 0 saturated heterocycles. The van der Waals surface area contributed by atoms with Gasteiger partial charge in [-0.3, -0.25) is 0 Å². The lowest BCUT2D eigenvalue weighted by Gasteiger charge is -2.27. The molecule has 0 amide bonds. The van der Waals surface area contributed by atoms with Crippen LogP contribution in [0.1, 0.15) is 0 Å². The van der Waals surface area contributed by atoms with Gasteiger partial charge in [-0.25, -0.2) is 0 Å². The highest BCUT2D eigenvalue weighted by Crippen LogP contribution is 2.46. The predicted octanol–water partition coefficient (Wildman–Crippen LogP) is 14.8. The Labute approximate surface area is 307 Å².